The number of hydrogen-bond donors (Lipinski definition) is 1. The van der Waals surface area contributed by atoms with Gasteiger partial charge < -0.3 is 9.84 Å². The van der Waals surface area contributed by atoms with Crippen LogP contribution in [0.1, 0.15) is 25.0 Å². The van der Waals surface area contributed by atoms with Crippen LogP contribution in [0.3, 0.4) is 0 Å². The van der Waals surface area contributed by atoms with E-state index in [0.29, 0.717) is 0 Å². The summed E-state index contributed by atoms with van der Waals surface area (Å²) in [6.45, 7) is 1.63. The molecule has 0 amide bonds. The Hall–Kier alpha value is -1.49. The van der Waals surface area contributed by atoms with Gasteiger partial charge in [0.15, 0.2) is 0 Å². The topological polar surface area (TPSA) is 46.5 Å². The summed E-state index contributed by atoms with van der Waals surface area (Å²) in [6, 6.07) is 3.26. The standard InChI is InChI=1S/C12H14F2O3/c1-3-7(12(16)17-2)11(15)10-8(13)5-4-6-9(10)14/h4-7,11,15H,3H2,1-2H3. The molecule has 1 rings (SSSR count). The van der Waals surface area contributed by atoms with Crippen molar-refractivity contribution in [1.29, 1.82) is 0 Å². The molecule has 0 radical (unpaired) electrons. The largest absolute Gasteiger partial charge is 0.469 e. The number of carbonyl (C=O) groups is 1. The zero-order valence-electron chi connectivity index (χ0n) is 9.61. The summed E-state index contributed by atoms with van der Waals surface area (Å²) in [5.41, 5.74) is -0.496. The van der Waals surface area contributed by atoms with E-state index in [9.17, 15) is 18.7 Å². The van der Waals surface area contributed by atoms with Gasteiger partial charge in [0.2, 0.25) is 0 Å². The molecule has 0 aromatic heterocycles. The van der Waals surface area contributed by atoms with Crippen LogP contribution in [0.25, 0.3) is 0 Å². The Morgan fingerprint density at radius 3 is 2.35 bits per heavy atom. The van der Waals surface area contributed by atoms with Crippen LogP contribution in [-0.2, 0) is 9.53 Å². The highest BCUT2D eigenvalue weighted by molar-refractivity contribution is 5.73. The average molecular weight is 244 g/mol. The monoisotopic (exact) mass is 244 g/mol. The second-order valence-electron chi connectivity index (χ2n) is 3.62. The maximum atomic E-state index is 13.4. The van der Waals surface area contributed by atoms with E-state index in [-0.39, 0.29) is 6.42 Å². The number of benzene rings is 1. The fourth-order valence-corrected chi connectivity index (χ4v) is 1.66. The third kappa shape index (κ3) is 2.79. The fraction of sp³-hybridized carbons (Fsp3) is 0.417. The van der Waals surface area contributed by atoms with Crippen molar-refractivity contribution in [3.63, 3.8) is 0 Å². The zero-order valence-corrected chi connectivity index (χ0v) is 9.61. The lowest BCUT2D eigenvalue weighted by atomic mass is 9.93. The van der Waals surface area contributed by atoms with Crippen LogP contribution in [-0.4, -0.2) is 18.2 Å². The Morgan fingerprint density at radius 2 is 1.94 bits per heavy atom. The molecule has 0 aliphatic carbocycles. The van der Waals surface area contributed by atoms with Crippen molar-refractivity contribution in [2.45, 2.75) is 19.4 Å². The van der Waals surface area contributed by atoms with Crippen LogP contribution < -0.4 is 0 Å². The highest BCUT2D eigenvalue weighted by Crippen LogP contribution is 2.29. The quantitative estimate of drug-likeness (QED) is 0.826. The lowest BCUT2D eigenvalue weighted by Gasteiger charge is -2.20. The molecule has 0 aliphatic heterocycles. The Kier molecular flexibility index (Phi) is 4.57. The molecular formula is C12H14F2O3. The molecule has 0 saturated carbocycles. The van der Waals surface area contributed by atoms with Crippen molar-refractivity contribution in [2.75, 3.05) is 7.11 Å². The molecule has 0 fully saturated rings. The van der Waals surface area contributed by atoms with Crippen LogP contribution in [0.5, 0.6) is 0 Å². The molecule has 0 aliphatic rings. The summed E-state index contributed by atoms with van der Waals surface area (Å²) in [6.07, 6.45) is -1.32. The van der Waals surface area contributed by atoms with E-state index >= 15 is 0 Å². The van der Waals surface area contributed by atoms with Crippen LogP contribution in [0.4, 0.5) is 8.78 Å². The Labute approximate surface area is 98.0 Å². The van der Waals surface area contributed by atoms with E-state index < -0.39 is 35.2 Å². The molecule has 1 aromatic rings. The van der Waals surface area contributed by atoms with Crippen LogP contribution in [0.2, 0.25) is 0 Å². The SMILES string of the molecule is CCC(C(=O)OC)C(O)c1c(F)cccc1F. The van der Waals surface area contributed by atoms with Crippen molar-refractivity contribution in [1.82, 2.24) is 0 Å². The number of aliphatic hydroxyl groups is 1. The molecule has 2 unspecified atom stereocenters. The Morgan fingerprint density at radius 1 is 1.41 bits per heavy atom. The molecule has 0 heterocycles. The predicted molar refractivity (Wildman–Crippen MR) is 57.1 cm³/mol. The minimum Gasteiger partial charge on any atom is -0.469 e. The summed E-state index contributed by atoms with van der Waals surface area (Å²) in [5.74, 6) is -3.42. The van der Waals surface area contributed by atoms with Crippen molar-refractivity contribution in [3.05, 3.63) is 35.4 Å². The number of hydrogen-bond acceptors (Lipinski definition) is 3. The summed E-state index contributed by atoms with van der Waals surface area (Å²) in [7, 11) is 1.16. The van der Waals surface area contributed by atoms with E-state index in [0.717, 1.165) is 19.2 Å². The molecule has 0 saturated heterocycles. The van der Waals surface area contributed by atoms with E-state index in [1.54, 1.807) is 6.92 Å². The third-order valence-corrected chi connectivity index (χ3v) is 2.62. The average Bonchev–Trinajstić information content (AvgIpc) is 2.29. The second-order valence-corrected chi connectivity index (χ2v) is 3.62. The normalized spacial score (nSPS) is 14.2. The first kappa shape index (κ1) is 13.6. The lowest BCUT2D eigenvalue weighted by molar-refractivity contribution is -0.149. The van der Waals surface area contributed by atoms with Gasteiger partial charge in [-0.2, -0.15) is 0 Å². The maximum absolute atomic E-state index is 13.4. The van der Waals surface area contributed by atoms with Crippen LogP contribution >= 0.6 is 0 Å². The number of rotatable bonds is 4. The fourth-order valence-electron chi connectivity index (χ4n) is 1.66. The summed E-state index contributed by atoms with van der Waals surface area (Å²) < 4.78 is 31.3. The van der Waals surface area contributed by atoms with Crippen LogP contribution in [0.15, 0.2) is 18.2 Å². The molecule has 5 heteroatoms. The van der Waals surface area contributed by atoms with E-state index in [1.165, 1.54) is 6.07 Å². The number of halogens is 2. The smallest absolute Gasteiger partial charge is 0.311 e. The van der Waals surface area contributed by atoms with Gasteiger partial charge in [-0.15, -0.1) is 0 Å². The van der Waals surface area contributed by atoms with Crippen molar-refractivity contribution < 1.29 is 23.4 Å². The first-order valence-electron chi connectivity index (χ1n) is 5.22. The molecule has 94 valence electrons. The van der Waals surface area contributed by atoms with E-state index in [1.807, 2.05) is 0 Å². The van der Waals surface area contributed by atoms with Crippen molar-refractivity contribution in [3.8, 4) is 0 Å². The van der Waals surface area contributed by atoms with Gasteiger partial charge in [0.05, 0.1) is 24.7 Å². The van der Waals surface area contributed by atoms with Gasteiger partial charge in [0, 0.05) is 0 Å². The minimum absolute atomic E-state index is 0.224. The van der Waals surface area contributed by atoms with Gasteiger partial charge in [-0.3, -0.25) is 4.79 Å². The lowest BCUT2D eigenvalue weighted by Crippen LogP contribution is -2.24. The maximum Gasteiger partial charge on any atom is 0.311 e. The number of ether oxygens (including phenoxy) is 1. The Bertz CT molecular complexity index is 386. The first-order valence-corrected chi connectivity index (χ1v) is 5.22. The van der Waals surface area contributed by atoms with Gasteiger partial charge in [0.25, 0.3) is 0 Å². The van der Waals surface area contributed by atoms with Crippen molar-refractivity contribution in [2.24, 2.45) is 5.92 Å². The molecule has 0 spiro atoms. The number of carbonyl (C=O) groups excluding carboxylic acids is 1. The predicted octanol–water partition coefficient (Wildman–Crippen LogP) is 2.20. The molecule has 3 nitrogen and oxygen atoms in total. The molecule has 17 heavy (non-hydrogen) atoms. The highest BCUT2D eigenvalue weighted by Gasteiger charge is 2.31. The molecule has 1 aromatic carbocycles. The highest BCUT2D eigenvalue weighted by atomic mass is 19.1. The number of aliphatic hydroxyl groups excluding tert-OH is 1. The summed E-state index contributed by atoms with van der Waals surface area (Å²) in [5, 5.41) is 9.86. The zero-order chi connectivity index (χ0) is 13.0. The Balaban J connectivity index is 3.10. The number of methoxy groups -OCH3 is 1. The van der Waals surface area contributed by atoms with Gasteiger partial charge in [-0.05, 0) is 18.6 Å². The van der Waals surface area contributed by atoms with Crippen LogP contribution in [0, 0.1) is 17.6 Å². The van der Waals surface area contributed by atoms with Gasteiger partial charge >= 0.3 is 5.97 Å². The third-order valence-electron chi connectivity index (χ3n) is 2.62. The summed E-state index contributed by atoms with van der Waals surface area (Å²) >= 11 is 0. The van der Waals surface area contributed by atoms with Gasteiger partial charge in [-0.1, -0.05) is 13.0 Å². The van der Waals surface area contributed by atoms with Crippen molar-refractivity contribution >= 4 is 5.97 Å². The molecule has 0 bridgehead atoms. The minimum atomic E-state index is -1.55. The van der Waals surface area contributed by atoms with E-state index in [2.05, 4.69) is 4.74 Å². The molecule has 1 N–H and O–H groups in total. The molecule has 2 atom stereocenters. The molecular weight excluding hydrogens is 230 g/mol. The van der Waals surface area contributed by atoms with Gasteiger partial charge in [-0.25, -0.2) is 8.78 Å². The van der Waals surface area contributed by atoms with E-state index in [4.69, 9.17) is 0 Å². The first-order chi connectivity index (χ1) is 8.02. The second kappa shape index (κ2) is 5.72. The summed E-state index contributed by atoms with van der Waals surface area (Å²) in [4.78, 5) is 11.4. The number of esters is 1. The van der Waals surface area contributed by atoms with Gasteiger partial charge in [0.1, 0.15) is 11.6 Å².